The molecule has 0 spiro atoms. The lowest BCUT2D eigenvalue weighted by atomic mass is 10.00. The lowest BCUT2D eigenvalue weighted by molar-refractivity contribution is -0.138. The summed E-state index contributed by atoms with van der Waals surface area (Å²) < 4.78 is 12.9. The third-order valence-corrected chi connectivity index (χ3v) is 4.48. The largest absolute Gasteiger partial charge is 0.502 e. The second-order valence-electron chi connectivity index (χ2n) is 6.16. The Labute approximate surface area is 145 Å². The number of nitrogens with zero attached hydrogens (tertiary/aromatic N) is 1. The van der Waals surface area contributed by atoms with Gasteiger partial charge in [0, 0.05) is 6.54 Å². The summed E-state index contributed by atoms with van der Waals surface area (Å²) in [6, 6.07) is 11.2. The van der Waals surface area contributed by atoms with Crippen molar-refractivity contribution in [3.63, 3.8) is 0 Å². The molecule has 1 aliphatic rings. The van der Waals surface area contributed by atoms with Crippen molar-refractivity contribution < 1.29 is 19.1 Å². The van der Waals surface area contributed by atoms with Crippen molar-refractivity contribution in [1.29, 1.82) is 0 Å². The van der Waals surface area contributed by atoms with Gasteiger partial charge in [0.25, 0.3) is 11.8 Å². The number of benzene rings is 2. The smallest absolute Gasteiger partial charge is 0.296 e. The van der Waals surface area contributed by atoms with Gasteiger partial charge in [0.2, 0.25) is 0 Å². The lowest BCUT2D eigenvalue weighted by Gasteiger charge is -2.14. The van der Waals surface area contributed by atoms with E-state index in [2.05, 4.69) is 0 Å². The maximum absolute atomic E-state index is 12.9. The first-order chi connectivity index (χ1) is 11.9. The van der Waals surface area contributed by atoms with Crippen molar-refractivity contribution >= 4 is 17.4 Å². The van der Waals surface area contributed by atoms with Crippen LogP contribution in [0.15, 0.2) is 48.2 Å². The van der Waals surface area contributed by atoms with Crippen LogP contribution in [0.25, 0.3) is 5.57 Å². The molecule has 0 fully saturated rings. The molecule has 2 aromatic carbocycles. The molecule has 2 amide bonds. The van der Waals surface area contributed by atoms with Crippen LogP contribution in [-0.2, 0) is 16.0 Å². The van der Waals surface area contributed by atoms with Crippen molar-refractivity contribution in [2.45, 2.75) is 20.3 Å². The van der Waals surface area contributed by atoms with Gasteiger partial charge in [0.15, 0.2) is 5.76 Å². The molecule has 0 saturated heterocycles. The molecule has 0 saturated carbocycles. The number of aliphatic hydroxyl groups excluding tert-OH is 1. The Morgan fingerprint density at radius 1 is 0.960 bits per heavy atom. The molecular weight excluding hydrogens is 321 g/mol. The number of aliphatic hydroxyl groups is 1. The van der Waals surface area contributed by atoms with E-state index in [4.69, 9.17) is 0 Å². The van der Waals surface area contributed by atoms with Crippen LogP contribution in [0.1, 0.15) is 22.3 Å². The summed E-state index contributed by atoms with van der Waals surface area (Å²) in [4.78, 5) is 25.9. The molecule has 1 heterocycles. The van der Waals surface area contributed by atoms with Crippen LogP contribution in [0.4, 0.5) is 4.39 Å². The summed E-state index contributed by atoms with van der Waals surface area (Å²) >= 11 is 0. The van der Waals surface area contributed by atoms with Gasteiger partial charge in [-0.05, 0) is 54.7 Å². The standard InChI is InChI=1S/C20H18FNO3/c1-12-3-6-15(11-13(12)2)17-18(23)20(25)22(19(17)24)10-9-14-4-7-16(21)8-5-14/h3-8,11,23H,9-10H2,1-2H3. The van der Waals surface area contributed by atoms with Crippen molar-refractivity contribution in [2.24, 2.45) is 0 Å². The molecule has 0 aromatic heterocycles. The number of hydrogen-bond donors (Lipinski definition) is 1. The Hall–Kier alpha value is -2.95. The molecule has 1 N–H and O–H groups in total. The van der Waals surface area contributed by atoms with Crippen molar-refractivity contribution in [1.82, 2.24) is 4.90 Å². The molecule has 2 aromatic rings. The van der Waals surface area contributed by atoms with Crippen molar-refractivity contribution in [3.8, 4) is 0 Å². The molecule has 1 aliphatic heterocycles. The number of imide groups is 1. The molecule has 0 radical (unpaired) electrons. The Balaban J connectivity index is 1.81. The topological polar surface area (TPSA) is 57.6 Å². The van der Waals surface area contributed by atoms with Gasteiger partial charge in [-0.15, -0.1) is 0 Å². The van der Waals surface area contributed by atoms with E-state index in [1.807, 2.05) is 19.9 Å². The van der Waals surface area contributed by atoms with Gasteiger partial charge in [-0.2, -0.15) is 0 Å². The molecule has 128 valence electrons. The van der Waals surface area contributed by atoms with Crippen LogP contribution in [-0.4, -0.2) is 28.4 Å². The number of carbonyl (C=O) groups is 2. The van der Waals surface area contributed by atoms with Gasteiger partial charge in [0.1, 0.15) is 5.82 Å². The Morgan fingerprint density at radius 2 is 1.64 bits per heavy atom. The lowest BCUT2D eigenvalue weighted by Crippen LogP contribution is -2.33. The third-order valence-electron chi connectivity index (χ3n) is 4.48. The van der Waals surface area contributed by atoms with E-state index in [0.717, 1.165) is 21.6 Å². The summed E-state index contributed by atoms with van der Waals surface area (Å²) in [6.07, 6.45) is 0.394. The minimum atomic E-state index is -0.694. The maximum Gasteiger partial charge on any atom is 0.296 e. The number of hydrogen-bond acceptors (Lipinski definition) is 3. The SMILES string of the molecule is Cc1ccc(C2=C(O)C(=O)N(CCc3ccc(F)cc3)C2=O)cc1C. The number of aryl methyl sites for hydroxylation is 2. The van der Waals surface area contributed by atoms with Gasteiger partial charge < -0.3 is 5.11 Å². The summed E-state index contributed by atoms with van der Waals surface area (Å²) in [6.45, 7) is 3.98. The summed E-state index contributed by atoms with van der Waals surface area (Å²) in [5, 5.41) is 10.2. The molecule has 0 bridgehead atoms. The highest BCUT2D eigenvalue weighted by atomic mass is 19.1. The van der Waals surface area contributed by atoms with Crippen LogP contribution in [0.3, 0.4) is 0 Å². The highest BCUT2D eigenvalue weighted by Crippen LogP contribution is 2.29. The predicted octanol–water partition coefficient (Wildman–Crippen LogP) is 3.32. The van der Waals surface area contributed by atoms with Crippen LogP contribution >= 0.6 is 0 Å². The fourth-order valence-electron chi connectivity index (χ4n) is 2.82. The van der Waals surface area contributed by atoms with Gasteiger partial charge in [-0.1, -0.05) is 30.3 Å². The highest BCUT2D eigenvalue weighted by Gasteiger charge is 2.38. The normalized spacial score (nSPS) is 14.6. The minimum absolute atomic E-state index is 0.0345. The van der Waals surface area contributed by atoms with E-state index in [1.54, 1.807) is 24.3 Å². The number of carbonyl (C=O) groups excluding carboxylic acids is 2. The number of rotatable bonds is 4. The molecule has 5 heteroatoms. The second kappa shape index (κ2) is 6.51. The first kappa shape index (κ1) is 16.9. The fraction of sp³-hybridized carbons (Fsp3) is 0.200. The molecule has 0 aliphatic carbocycles. The van der Waals surface area contributed by atoms with Crippen LogP contribution < -0.4 is 0 Å². The predicted molar refractivity (Wildman–Crippen MR) is 92.3 cm³/mol. The summed E-state index contributed by atoms with van der Waals surface area (Å²) in [5.74, 6) is -2.06. The zero-order chi connectivity index (χ0) is 18.1. The second-order valence-corrected chi connectivity index (χ2v) is 6.16. The maximum atomic E-state index is 12.9. The third kappa shape index (κ3) is 3.18. The minimum Gasteiger partial charge on any atom is -0.502 e. The summed E-state index contributed by atoms with van der Waals surface area (Å²) in [5.41, 5.74) is 3.41. The molecule has 4 nitrogen and oxygen atoms in total. The van der Waals surface area contributed by atoms with E-state index in [9.17, 15) is 19.1 Å². The van der Waals surface area contributed by atoms with E-state index >= 15 is 0 Å². The van der Waals surface area contributed by atoms with Crippen LogP contribution in [0, 0.1) is 19.7 Å². The highest BCUT2D eigenvalue weighted by molar-refractivity contribution is 6.34. The summed E-state index contributed by atoms with van der Waals surface area (Å²) in [7, 11) is 0. The monoisotopic (exact) mass is 339 g/mol. The van der Waals surface area contributed by atoms with Gasteiger partial charge in [-0.3, -0.25) is 14.5 Å². The Kier molecular flexibility index (Phi) is 4.40. The van der Waals surface area contributed by atoms with Crippen molar-refractivity contribution in [3.05, 3.63) is 76.3 Å². The first-order valence-electron chi connectivity index (χ1n) is 8.00. The van der Waals surface area contributed by atoms with Gasteiger partial charge in [0.05, 0.1) is 5.57 Å². The van der Waals surface area contributed by atoms with Gasteiger partial charge >= 0.3 is 0 Å². The van der Waals surface area contributed by atoms with Crippen LogP contribution in [0.2, 0.25) is 0 Å². The average molecular weight is 339 g/mol. The van der Waals surface area contributed by atoms with Crippen molar-refractivity contribution in [2.75, 3.05) is 6.54 Å². The Morgan fingerprint density at radius 3 is 2.28 bits per heavy atom. The first-order valence-corrected chi connectivity index (χ1v) is 8.00. The number of amides is 2. The molecular formula is C20H18FNO3. The molecule has 3 rings (SSSR count). The Bertz CT molecular complexity index is 884. The van der Waals surface area contributed by atoms with Gasteiger partial charge in [-0.25, -0.2) is 4.39 Å². The number of halogens is 1. The van der Waals surface area contributed by atoms with E-state index in [1.165, 1.54) is 12.1 Å². The van der Waals surface area contributed by atoms with E-state index < -0.39 is 17.6 Å². The molecule has 25 heavy (non-hydrogen) atoms. The zero-order valence-corrected chi connectivity index (χ0v) is 14.0. The van der Waals surface area contributed by atoms with E-state index in [-0.39, 0.29) is 17.9 Å². The molecule has 0 atom stereocenters. The molecule has 0 unspecified atom stereocenters. The zero-order valence-electron chi connectivity index (χ0n) is 14.0. The fourth-order valence-corrected chi connectivity index (χ4v) is 2.82. The average Bonchev–Trinajstić information content (AvgIpc) is 2.80. The quantitative estimate of drug-likeness (QED) is 0.870. The van der Waals surface area contributed by atoms with Crippen LogP contribution in [0.5, 0.6) is 0 Å². The van der Waals surface area contributed by atoms with E-state index in [0.29, 0.717) is 12.0 Å².